The van der Waals surface area contributed by atoms with Gasteiger partial charge in [0.05, 0.1) is 17.0 Å². The Bertz CT molecular complexity index is 1690. The summed E-state index contributed by atoms with van der Waals surface area (Å²) < 4.78 is 13.6. The summed E-state index contributed by atoms with van der Waals surface area (Å²) in [5.41, 5.74) is 9.76. The lowest BCUT2D eigenvalue weighted by molar-refractivity contribution is 0.0204. The fourth-order valence-corrected chi connectivity index (χ4v) is 7.22. The van der Waals surface area contributed by atoms with E-state index in [0.29, 0.717) is 59.4 Å². The molecule has 0 radical (unpaired) electrons. The van der Waals surface area contributed by atoms with Crippen LogP contribution in [-0.2, 0) is 4.74 Å². The standard InChI is InChI=1S/C31H37N9O3/c1-31(2,3)42-30(41)39-8-6-17(7-9-39)20-13-33-28(34-14-20)22-25(38-43-26(22)18-4-5-18)24-23-27(32)35-15-36-29(23)40(37-24)21-12-16-10-19(21)11-16/h13-19,21H,4-12H2,1-3H3,(H2,32,35,36). The molecule has 4 saturated carbocycles. The molecule has 5 heterocycles. The van der Waals surface area contributed by atoms with Crippen molar-refractivity contribution in [1.82, 2.24) is 39.8 Å². The van der Waals surface area contributed by atoms with Crippen LogP contribution < -0.4 is 5.73 Å². The Morgan fingerprint density at radius 2 is 1.72 bits per heavy atom. The van der Waals surface area contributed by atoms with E-state index < -0.39 is 5.60 Å². The third-order valence-electron chi connectivity index (χ3n) is 9.63. The summed E-state index contributed by atoms with van der Waals surface area (Å²) >= 11 is 0. The SMILES string of the molecule is CC(C)(C)OC(=O)N1CCC(c2cnc(-c3c(-c4nn(C5CC6CC5C6)c5ncnc(N)c45)noc3C3CC3)nc2)CC1. The minimum Gasteiger partial charge on any atom is -0.444 e. The molecule has 9 rings (SSSR count). The van der Waals surface area contributed by atoms with Gasteiger partial charge < -0.3 is 19.9 Å². The van der Waals surface area contributed by atoms with Crippen molar-refractivity contribution in [2.24, 2.45) is 11.8 Å². The first kappa shape index (κ1) is 26.5. The van der Waals surface area contributed by atoms with Crippen LogP contribution in [0.15, 0.2) is 23.2 Å². The first-order chi connectivity index (χ1) is 20.7. The number of anilines is 1. The van der Waals surface area contributed by atoms with Crippen LogP contribution >= 0.6 is 0 Å². The van der Waals surface area contributed by atoms with Crippen LogP contribution in [0.1, 0.15) is 94.9 Å². The molecule has 2 N–H and O–H groups in total. The Kier molecular flexibility index (Phi) is 5.99. The predicted molar refractivity (Wildman–Crippen MR) is 158 cm³/mol. The van der Waals surface area contributed by atoms with Gasteiger partial charge in [-0.2, -0.15) is 5.10 Å². The lowest BCUT2D eigenvalue weighted by atomic mass is 9.84. The van der Waals surface area contributed by atoms with E-state index in [0.717, 1.165) is 60.6 Å². The van der Waals surface area contributed by atoms with Crippen LogP contribution in [0.25, 0.3) is 33.8 Å². The summed E-state index contributed by atoms with van der Waals surface area (Å²) in [6, 6.07) is 0.311. The van der Waals surface area contributed by atoms with Crippen molar-refractivity contribution in [2.75, 3.05) is 18.8 Å². The number of piperidine rings is 1. The molecule has 4 aliphatic carbocycles. The molecule has 5 fully saturated rings. The topological polar surface area (TPSA) is 151 Å². The van der Waals surface area contributed by atoms with Gasteiger partial charge in [-0.1, -0.05) is 5.16 Å². The number of hydrogen-bond donors (Lipinski definition) is 1. The van der Waals surface area contributed by atoms with Crippen molar-refractivity contribution in [1.29, 1.82) is 0 Å². The third kappa shape index (κ3) is 4.62. The van der Waals surface area contributed by atoms with Gasteiger partial charge in [0.2, 0.25) is 0 Å². The molecule has 12 heteroatoms. The Morgan fingerprint density at radius 3 is 2.37 bits per heavy atom. The second-order valence-electron chi connectivity index (χ2n) is 13.8. The van der Waals surface area contributed by atoms with Gasteiger partial charge in [0.25, 0.3) is 0 Å². The van der Waals surface area contributed by atoms with Crippen LogP contribution in [0.4, 0.5) is 10.6 Å². The van der Waals surface area contributed by atoms with E-state index in [9.17, 15) is 4.79 Å². The van der Waals surface area contributed by atoms with Crippen molar-refractivity contribution >= 4 is 22.9 Å². The summed E-state index contributed by atoms with van der Waals surface area (Å²) in [7, 11) is 0. The van der Waals surface area contributed by atoms with Crippen molar-refractivity contribution in [3.8, 4) is 22.8 Å². The molecule has 1 saturated heterocycles. The summed E-state index contributed by atoms with van der Waals surface area (Å²) in [5.74, 6) is 3.71. The van der Waals surface area contributed by atoms with E-state index >= 15 is 0 Å². The number of nitrogen functional groups attached to an aromatic ring is 1. The molecule has 43 heavy (non-hydrogen) atoms. The van der Waals surface area contributed by atoms with E-state index in [4.69, 9.17) is 30.1 Å². The van der Waals surface area contributed by atoms with E-state index in [-0.39, 0.29) is 12.0 Å². The second-order valence-corrected chi connectivity index (χ2v) is 13.8. The summed E-state index contributed by atoms with van der Waals surface area (Å²) in [6.07, 6.45) is 12.4. The number of nitrogens with zero attached hydrogens (tertiary/aromatic N) is 8. The molecule has 1 atom stereocenters. The number of likely N-dealkylation sites (tertiary alicyclic amines) is 1. The van der Waals surface area contributed by atoms with Gasteiger partial charge in [0, 0.05) is 31.4 Å². The zero-order valence-electron chi connectivity index (χ0n) is 24.9. The first-order valence-corrected chi connectivity index (χ1v) is 15.5. The molecule has 1 aliphatic heterocycles. The van der Waals surface area contributed by atoms with Gasteiger partial charge in [-0.3, -0.25) is 0 Å². The third-order valence-corrected chi connectivity index (χ3v) is 9.63. The zero-order chi connectivity index (χ0) is 29.5. The van der Waals surface area contributed by atoms with Crippen molar-refractivity contribution in [2.45, 2.75) is 89.2 Å². The number of hydrogen-bond acceptors (Lipinski definition) is 10. The molecule has 0 aromatic carbocycles. The monoisotopic (exact) mass is 583 g/mol. The Labute approximate surface area is 249 Å². The summed E-state index contributed by atoms with van der Waals surface area (Å²) in [5, 5.41) is 10.4. The summed E-state index contributed by atoms with van der Waals surface area (Å²) in [4.78, 5) is 32.9. The normalized spacial score (nSPS) is 24.0. The molecule has 224 valence electrons. The average molecular weight is 584 g/mol. The van der Waals surface area contributed by atoms with Crippen molar-refractivity contribution < 1.29 is 14.1 Å². The van der Waals surface area contributed by atoms with E-state index in [1.54, 1.807) is 4.90 Å². The molecule has 4 aromatic heterocycles. The minimum absolute atomic E-state index is 0.254. The van der Waals surface area contributed by atoms with Gasteiger partial charge in [0.15, 0.2) is 17.2 Å². The fourth-order valence-electron chi connectivity index (χ4n) is 7.22. The molecule has 1 amide bonds. The van der Waals surface area contributed by atoms with Crippen LogP contribution in [0.3, 0.4) is 0 Å². The number of nitrogens with two attached hydrogens (primary N) is 1. The van der Waals surface area contributed by atoms with Gasteiger partial charge in [-0.15, -0.1) is 0 Å². The number of carbonyl (C=O) groups excluding carboxylic acids is 1. The molecule has 0 spiro atoms. The maximum Gasteiger partial charge on any atom is 0.410 e. The van der Waals surface area contributed by atoms with Crippen LogP contribution in [0.5, 0.6) is 0 Å². The Hall–Kier alpha value is -4.09. The first-order valence-electron chi connectivity index (χ1n) is 15.5. The number of ether oxygens (including phenoxy) is 1. The number of carbonyl (C=O) groups is 1. The van der Waals surface area contributed by atoms with Crippen LogP contribution in [-0.4, -0.2) is 64.6 Å². The maximum atomic E-state index is 12.5. The lowest BCUT2D eigenvalue weighted by Crippen LogP contribution is -2.41. The predicted octanol–water partition coefficient (Wildman–Crippen LogP) is 5.48. The molecule has 2 bridgehead atoms. The number of aromatic nitrogens is 7. The van der Waals surface area contributed by atoms with Gasteiger partial charge in [0.1, 0.15) is 29.1 Å². The van der Waals surface area contributed by atoms with E-state index in [1.807, 2.05) is 33.2 Å². The van der Waals surface area contributed by atoms with E-state index in [1.165, 1.54) is 19.2 Å². The smallest absolute Gasteiger partial charge is 0.410 e. The number of amides is 1. The summed E-state index contributed by atoms with van der Waals surface area (Å²) in [6.45, 7) is 6.96. The van der Waals surface area contributed by atoms with Crippen LogP contribution in [0.2, 0.25) is 0 Å². The molecule has 1 unspecified atom stereocenters. The molecular formula is C31H37N9O3. The Balaban J connectivity index is 1.10. The van der Waals surface area contributed by atoms with Gasteiger partial charge in [-0.05, 0) is 89.0 Å². The van der Waals surface area contributed by atoms with Crippen LogP contribution in [0, 0.1) is 11.8 Å². The quantitative estimate of drug-likeness (QED) is 0.320. The highest BCUT2D eigenvalue weighted by Gasteiger charge is 2.47. The Morgan fingerprint density at radius 1 is 0.977 bits per heavy atom. The number of fused-ring (bicyclic) bond motifs is 2. The fraction of sp³-hybridized carbons (Fsp3) is 0.581. The molecule has 4 aromatic rings. The number of rotatable bonds is 5. The average Bonchev–Trinajstić information content (AvgIpc) is 3.28. The van der Waals surface area contributed by atoms with Gasteiger partial charge >= 0.3 is 6.09 Å². The van der Waals surface area contributed by atoms with Gasteiger partial charge in [-0.25, -0.2) is 29.4 Å². The minimum atomic E-state index is -0.502. The highest BCUT2D eigenvalue weighted by atomic mass is 16.6. The molecule has 5 aliphatic rings. The second kappa shape index (κ2) is 9.72. The largest absolute Gasteiger partial charge is 0.444 e. The maximum absolute atomic E-state index is 12.5. The van der Waals surface area contributed by atoms with E-state index in [2.05, 4.69) is 19.8 Å². The highest BCUT2D eigenvalue weighted by molar-refractivity contribution is 6.00. The molecule has 12 nitrogen and oxygen atoms in total. The lowest BCUT2D eigenvalue weighted by Gasteiger charge is -2.33. The van der Waals surface area contributed by atoms with Crippen molar-refractivity contribution in [3.63, 3.8) is 0 Å². The molecular weight excluding hydrogens is 546 g/mol. The van der Waals surface area contributed by atoms with Crippen molar-refractivity contribution in [3.05, 3.63) is 30.0 Å². The zero-order valence-corrected chi connectivity index (χ0v) is 24.9. The highest BCUT2D eigenvalue weighted by Crippen LogP contribution is 2.55.